The zero-order valence-corrected chi connectivity index (χ0v) is 17.8. The maximum atomic E-state index is 12.7. The van der Waals surface area contributed by atoms with Crippen molar-refractivity contribution in [2.75, 3.05) is 28.3 Å². The SMILES string of the molecule is COc1cc(CNC(=O)c2cc(C)c(C)c(S(=O)(=O)N(C)C)c2)cc(OC)c1. The van der Waals surface area contributed by atoms with Crippen LogP contribution in [0.2, 0.25) is 0 Å². The normalized spacial score (nSPS) is 11.4. The number of carbonyl (C=O) groups excluding carboxylic acids is 1. The number of benzene rings is 2. The van der Waals surface area contributed by atoms with E-state index in [1.165, 1.54) is 20.2 Å². The van der Waals surface area contributed by atoms with E-state index in [0.29, 0.717) is 22.6 Å². The number of hydrogen-bond acceptors (Lipinski definition) is 5. The second kappa shape index (κ2) is 8.62. The lowest BCUT2D eigenvalue weighted by Gasteiger charge is -2.16. The van der Waals surface area contributed by atoms with Crippen LogP contribution >= 0.6 is 0 Å². The van der Waals surface area contributed by atoms with Gasteiger partial charge in [-0.05, 0) is 54.8 Å². The molecule has 1 amide bonds. The minimum Gasteiger partial charge on any atom is -0.497 e. The standard InChI is InChI=1S/C20H26N2O5S/c1-13-7-16(10-19(14(13)2)28(24,25)22(3)4)20(23)21-12-15-8-17(26-5)11-18(9-15)27-6/h7-11H,12H2,1-6H3,(H,21,23). The zero-order valence-electron chi connectivity index (χ0n) is 17.0. The summed E-state index contributed by atoms with van der Waals surface area (Å²) in [5, 5.41) is 2.81. The lowest BCUT2D eigenvalue weighted by atomic mass is 10.1. The first-order valence-electron chi connectivity index (χ1n) is 8.64. The number of aryl methyl sites for hydroxylation is 1. The van der Waals surface area contributed by atoms with Gasteiger partial charge in [-0.25, -0.2) is 12.7 Å². The quantitative estimate of drug-likeness (QED) is 0.764. The highest BCUT2D eigenvalue weighted by molar-refractivity contribution is 7.89. The molecule has 0 aromatic heterocycles. The fourth-order valence-corrected chi connectivity index (χ4v) is 3.89. The van der Waals surface area contributed by atoms with Crippen molar-refractivity contribution in [3.63, 3.8) is 0 Å². The van der Waals surface area contributed by atoms with Crippen LogP contribution in [0, 0.1) is 13.8 Å². The number of nitrogens with one attached hydrogen (secondary N) is 1. The van der Waals surface area contributed by atoms with Crippen LogP contribution in [0.5, 0.6) is 11.5 Å². The molecule has 2 rings (SSSR count). The van der Waals surface area contributed by atoms with E-state index in [9.17, 15) is 13.2 Å². The monoisotopic (exact) mass is 406 g/mol. The number of hydrogen-bond donors (Lipinski definition) is 1. The van der Waals surface area contributed by atoms with Gasteiger partial charge < -0.3 is 14.8 Å². The molecule has 0 unspecified atom stereocenters. The van der Waals surface area contributed by atoms with Gasteiger partial charge in [0.05, 0.1) is 19.1 Å². The average Bonchev–Trinajstić information content (AvgIpc) is 2.67. The van der Waals surface area contributed by atoms with E-state index in [-0.39, 0.29) is 17.3 Å². The smallest absolute Gasteiger partial charge is 0.251 e. The van der Waals surface area contributed by atoms with Gasteiger partial charge in [-0.3, -0.25) is 4.79 Å². The Labute approximate surface area is 166 Å². The summed E-state index contributed by atoms with van der Waals surface area (Å²) >= 11 is 0. The predicted molar refractivity (Wildman–Crippen MR) is 108 cm³/mol. The van der Waals surface area contributed by atoms with Crippen LogP contribution in [0.1, 0.15) is 27.0 Å². The lowest BCUT2D eigenvalue weighted by Crippen LogP contribution is -2.26. The molecule has 1 N–H and O–H groups in total. The van der Waals surface area contributed by atoms with E-state index in [1.807, 2.05) is 0 Å². The molecule has 0 fully saturated rings. The molecular formula is C20H26N2O5S. The molecule has 2 aromatic carbocycles. The highest BCUT2D eigenvalue weighted by atomic mass is 32.2. The molecule has 0 saturated carbocycles. The van der Waals surface area contributed by atoms with Gasteiger partial charge in [0, 0.05) is 32.3 Å². The van der Waals surface area contributed by atoms with E-state index in [2.05, 4.69) is 5.32 Å². The van der Waals surface area contributed by atoms with Crippen molar-refractivity contribution in [1.82, 2.24) is 9.62 Å². The van der Waals surface area contributed by atoms with Gasteiger partial charge in [0.25, 0.3) is 5.91 Å². The molecule has 2 aromatic rings. The number of nitrogens with zero attached hydrogens (tertiary/aromatic N) is 1. The van der Waals surface area contributed by atoms with Crippen molar-refractivity contribution in [2.24, 2.45) is 0 Å². The summed E-state index contributed by atoms with van der Waals surface area (Å²) in [5.41, 5.74) is 2.45. The molecule has 0 saturated heterocycles. The summed E-state index contributed by atoms with van der Waals surface area (Å²) < 4.78 is 36.7. The van der Waals surface area contributed by atoms with E-state index in [4.69, 9.17) is 9.47 Å². The first-order valence-corrected chi connectivity index (χ1v) is 10.1. The van der Waals surface area contributed by atoms with Crippen LogP contribution in [0.3, 0.4) is 0 Å². The molecule has 0 aliphatic rings. The van der Waals surface area contributed by atoms with E-state index >= 15 is 0 Å². The molecule has 0 heterocycles. The molecule has 0 atom stereocenters. The van der Waals surface area contributed by atoms with Gasteiger partial charge in [-0.15, -0.1) is 0 Å². The maximum Gasteiger partial charge on any atom is 0.251 e. The Balaban J connectivity index is 2.30. The minimum atomic E-state index is -3.65. The Bertz CT molecular complexity index is 962. The van der Waals surface area contributed by atoms with Gasteiger partial charge in [0.1, 0.15) is 11.5 Å². The van der Waals surface area contributed by atoms with Gasteiger partial charge in [-0.1, -0.05) is 0 Å². The van der Waals surface area contributed by atoms with Crippen molar-refractivity contribution in [3.05, 3.63) is 52.6 Å². The summed E-state index contributed by atoms with van der Waals surface area (Å²) in [4.78, 5) is 12.8. The number of carbonyl (C=O) groups is 1. The van der Waals surface area contributed by atoms with Crippen LogP contribution in [0.15, 0.2) is 35.2 Å². The Morgan fingerprint density at radius 2 is 1.57 bits per heavy atom. The molecule has 152 valence electrons. The Morgan fingerprint density at radius 3 is 2.07 bits per heavy atom. The van der Waals surface area contributed by atoms with E-state index in [0.717, 1.165) is 15.4 Å². The van der Waals surface area contributed by atoms with Crippen molar-refractivity contribution in [3.8, 4) is 11.5 Å². The third-order valence-corrected chi connectivity index (χ3v) is 6.45. The average molecular weight is 407 g/mol. The first-order chi connectivity index (χ1) is 13.1. The second-order valence-electron chi connectivity index (χ2n) is 6.61. The highest BCUT2D eigenvalue weighted by Gasteiger charge is 2.23. The third-order valence-electron chi connectivity index (χ3n) is 4.50. The largest absolute Gasteiger partial charge is 0.497 e. The summed E-state index contributed by atoms with van der Waals surface area (Å²) in [7, 11) is 2.39. The topological polar surface area (TPSA) is 84.9 Å². The summed E-state index contributed by atoms with van der Waals surface area (Å²) in [6, 6.07) is 8.44. The summed E-state index contributed by atoms with van der Waals surface area (Å²) in [6.07, 6.45) is 0. The van der Waals surface area contributed by atoms with Crippen LogP contribution in [0.4, 0.5) is 0 Å². The van der Waals surface area contributed by atoms with Crippen molar-refractivity contribution < 1.29 is 22.7 Å². The third kappa shape index (κ3) is 4.63. The van der Waals surface area contributed by atoms with Crippen molar-refractivity contribution in [1.29, 1.82) is 0 Å². The van der Waals surface area contributed by atoms with Crippen molar-refractivity contribution >= 4 is 15.9 Å². The fraction of sp³-hybridized carbons (Fsp3) is 0.350. The number of ether oxygens (including phenoxy) is 2. The van der Waals surface area contributed by atoms with Gasteiger partial charge >= 0.3 is 0 Å². The second-order valence-corrected chi connectivity index (χ2v) is 8.73. The van der Waals surface area contributed by atoms with E-state index in [1.54, 1.807) is 52.3 Å². The molecular weight excluding hydrogens is 380 g/mol. The molecule has 0 aliphatic carbocycles. The molecule has 0 bridgehead atoms. The molecule has 0 aliphatic heterocycles. The number of rotatable bonds is 7. The Kier molecular flexibility index (Phi) is 6.69. The van der Waals surface area contributed by atoms with Crippen LogP contribution in [0.25, 0.3) is 0 Å². The number of sulfonamides is 1. The van der Waals surface area contributed by atoms with Gasteiger partial charge in [0.2, 0.25) is 10.0 Å². The number of amides is 1. The Morgan fingerprint density at radius 1 is 1.00 bits per heavy atom. The molecule has 0 spiro atoms. The number of methoxy groups -OCH3 is 2. The Hall–Kier alpha value is -2.58. The van der Waals surface area contributed by atoms with Gasteiger partial charge in [-0.2, -0.15) is 0 Å². The predicted octanol–water partition coefficient (Wildman–Crippen LogP) is 2.50. The lowest BCUT2D eigenvalue weighted by molar-refractivity contribution is 0.0950. The minimum absolute atomic E-state index is 0.130. The summed E-state index contributed by atoms with van der Waals surface area (Å²) in [6.45, 7) is 3.76. The molecule has 0 radical (unpaired) electrons. The summed E-state index contributed by atoms with van der Waals surface area (Å²) in [5.74, 6) is 0.878. The molecule has 7 nitrogen and oxygen atoms in total. The molecule has 8 heteroatoms. The van der Waals surface area contributed by atoms with Gasteiger partial charge in [0.15, 0.2) is 0 Å². The first kappa shape index (κ1) is 21.7. The van der Waals surface area contributed by atoms with Crippen molar-refractivity contribution in [2.45, 2.75) is 25.3 Å². The van der Waals surface area contributed by atoms with Crippen LogP contribution in [-0.4, -0.2) is 46.9 Å². The molecule has 28 heavy (non-hydrogen) atoms. The zero-order chi connectivity index (χ0) is 21.1. The maximum absolute atomic E-state index is 12.7. The van der Waals surface area contributed by atoms with Crippen LogP contribution in [-0.2, 0) is 16.6 Å². The van der Waals surface area contributed by atoms with Crippen LogP contribution < -0.4 is 14.8 Å². The fourth-order valence-electron chi connectivity index (χ4n) is 2.68. The van der Waals surface area contributed by atoms with E-state index < -0.39 is 10.0 Å². The highest BCUT2D eigenvalue weighted by Crippen LogP contribution is 2.24.